The molecule has 0 unspecified atom stereocenters. The molecule has 0 radical (unpaired) electrons. The van der Waals surface area contributed by atoms with E-state index in [-0.39, 0.29) is 5.91 Å². The molecule has 5 nitrogen and oxygen atoms in total. The van der Waals surface area contributed by atoms with Crippen LogP contribution >= 0.6 is 11.6 Å². The second-order valence-electron chi connectivity index (χ2n) is 6.66. The summed E-state index contributed by atoms with van der Waals surface area (Å²) >= 11 is 5.87. The van der Waals surface area contributed by atoms with Crippen molar-refractivity contribution in [2.24, 2.45) is 0 Å². The Morgan fingerprint density at radius 3 is 2.44 bits per heavy atom. The van der Waals surface area contributed by atoms with Crippen LogP contribution in [0.5, 0.6) is 11.5 Å². The topological polar surface area (TPSA) is 50.8 Å². The molecule has 0 saturated carbocycles. The van der Waals surface area contributed by atoms with Gasteiger partial charge in [0.1, 0.15) is 0 Å². The summed E-state index contributed by atoms with van der Waals surface area (Å²) in [7, 11) is 3.30. The number of hydrogen-bond acceptors (Lipinski definition) is 4. The van der Waals surface area contributed by atoms with Crippen molar-refractivity contribution in [2.75, 3.05) is 27.3 Å². The van der Waals surface area contributed by atoms with Gasteiger partial charge in [-0.3, -0.25) is 9.69 Å². The number of benzene rings is 2. The van der Waals surface area contributed by atoms with Crippen LogP contribution in [0.2, 0.25) is 5.02 Å². The highest BCUT2D eigenvalue weighted by molar-refractivity contribution is 6.30. The number of carbonyl (C=O) groups is 1. The fourth-order valence-corrected chi connectivity index (χ4v) is 3.41. The largest absolute Gasteiger partial charge is 0.493 e. The molecule has 0 saturated heterocycles. The average molecular weight is 389 g/mol. The molecule has 3 rings (SSSR count). The summed E-state index contributed by atoms with van der Waals surface area (Å²) in [5, 5.41) is 3.66. The van der Waals surface area contributed by atoms with Gasteiger partial charge < -0.3 is 14.8 Å². The first-order valence-electron chi connectivity index (χ1n) is 9.06. The van der Waals surface area contributed by atoms with E-state index in [1.807, 2.05) is 30.3 Å². The van der Waals surface area contributed by atoms with Gasteiger partial charge in [-0.25, -0.2) is 0 Å². The van der Waals surface area contributed by atoms with Crippen LogP contribution in [0.4, 0.5) is 0 Å². The lowest BCUT2D eigenvalue weighted by atomic mass is 9.98. The van der Waals surface area contributed by atoms with E-state index in [9.17, 15) is 4.79 Å². The molecule has 0 aliphatic carbocycles. The lowest BCUT2D eigenvalue weighted by molar-refractivity contribution is -0.121. The van der Waals surface area contributed by atoms with Gasteiger partial charge in [0.2, 0.25) is 5.91 Å². The third-order valence-electron chi connectivity index (χ3n) is 4.86. The van der Waals surface area contributed by atoms with Crippen molar-refractivity contribution in [3.05, 3.63) is 58.1 Å². The van der Waals surface area contributed by atoms with Gasteiger partial charge in [-0.15, -0.1) is 0 Å². The Labute approximate surface area is 165 Å². The molecule has 144 valence electrons. The number of ether oxygens (including phenoxy) is 2. The van der Waals surface area contributed by atoms with Crippen LogP contribution in [-0.4, -0.2) is 38.1 Å². The summed E-state index contributed by atoms with van der Waals surface area (Å²) < 4.78 is 10.8. The molecule has 0 fully saturated rings. The van der Waals surface area contributed by atoms with E-state index in [2.05, 4.69) is 16.3 Å². The Bertz CT molecular complexity index is 793. The Morgan fingerprint density at radius 1 is 1.11 bits per heavy atom. The number of rotatable bonds is 7. The molecule has 27 heavy (non-hydrogen) atoms. The van der Waals surface area contributed by atoms with Crippen molar-refractivity contribution in [3.8, 4) is 11.5 Å². The summed E-state index contributed by atoms with van der Waals surface area (Å²) in [6, 6.07) is 11.6. The zero-order valence-electron chi connectivity index (χ0n) is 15.8. The molecule has 2 aromatic rings. The van der Waals surface area contributed by atoms with Gasteiger partial charge in [0.25, 0.3) is 0 Å². The fraction of sp³-hybridized carbons (Fsp3) is 0.381. The Hall–Kier alpha value is -2.24. The van der Waals surface area contributed by atoms with Gasteiger partial charge in [0, 0.05) is 37.6 Å². The van der Waals surface area contributed by atoms with Crippen molar-refractivity contribution in [2.45, 2.75) is 25.9 Å². The van der Waals surface area contributed by atoms with E-state index in [1.165, 1.54) is 11.1 Å². The van der Waals surface area contributed by atoms with Crippen LogP contribution < -0.4 is 14.8 Å². The van der Waals surface area contributed by atoms with Crippen LogP contribution in [0.15, 0.2) is 36.4 Å². The molecule has 1 heterocycles. The Kier molecular flexibility index (Phi) is 6.58. The molecular formula is C21H25ClN2O3. The summed E-state index contributed by atoms with van der Waals surface area (Å²) in [5.41, 5.74) is 3.57. The normalized spacial score (nSPS) is 13.7. The first-order chi connectivity index (χ1) is 13.1. The molecular weight excluding hydrogens is 364 g/mol. The summed E-state index contributed by atoms with van der Waals surface area (Å²) in [6.45, 7) is 3.02. The van der Waals surface area contributed by atoms with Crippen molar-refractivity contribution in [1.82, 2.24) is 10.2 Å². The van der Waals surface area contributed by atoms with Crippen LogP contribution in [0.1, 0.15) is 23.1 Å². The maximum Gasteiger partial charge on any atom is 0.221 e. The number of halogens is 1. The van der Waals surface area contributed by atoms with Gasteiger partial charge >= 0.3 is 0 Å². The van der Waals surface area contributed by atoms with E-state index in [4.69, 9.17) is 21.1 Å². The predicted octanol–water partition coefficient (Wildman–Crippen LogP) is 3.42. The molecule has 0 spiro atoms. The highest BCUT2D eigenvalue weighted by atomic mass is 35.5. The fourth-order valence-electron chi connectivity index (χ4n) is 3.28. The minimum absolute atomic E-state index is 0.0584. The standard InChI is InChI=1S/C21H25ClN2O3/c1-26-19-11-16-7-9-24(14-17(16)12-20(19)27-2)10-8-21(25)23-13-15-3-5-18(22)6-4-15/h3-6,11-12H,7-10,13-14H2,1-2H3,(H,23,25). The molecule has 0 bridgehead atoms. The third-order valence-corrected chi connectivity index (χ3v) is 5.11. The van der Waals surface area contributed by atoms with Gasteiger partial charge in [-0.2, -0.15) is 0 Å². The van der Waals surface area contributed by atoms with E-state index in [0.29, 0.717) is 18.0 Å². The van der Waals surface area contributed by atoms with Crippen LogP contribution in [0, 0.1) is 0 Å². The first kappa shape index (κ1) is 19.5. The number of hydrogen-bond donors (Lipinski definition) is 1. The Morgan fingerprint density at radius 2 is 1.78 bits per heavy atom. The number of nitrogens with one attached hydrogen (secondary N) is 1. The minimum Gasteiger partial charge on any atom is -0.493 e. The third kappa shape index (κ3) is 5.15. The lowest BCUT2D eigenvalue weighted by Gasteiger charge is -2.29. The molecule has 0 aromatic heterocycles. The second-order valence-corrected chi connectivity index (χ2v) is 7.09. The zero-order valence-corrected chi connectivity index (χ0v) is 16.5. The number of amides is 1. The minimum atomic E-state index is 0.0584. The summed E-state index contributed by atoms with van der Waals surface area (Å²) in [4.78, 5) is 14.5. The second kappa shape index (κ2) is 9.11. The predicted molar refractivity (Wildman–Crippen MR) is 106 cm³/mol. The highest BCUT2D eigenvalue weighted by Gasteiger charge is 2.19. The molecule has 1 amide bonds. The monoisotopic (exact) mass is 388 g/mol. The van der Waals surface area contributed by atoms with E-state index in [0.717, 1.165) is 43.1 Å². The maximum absolute atomic E-state index is 12.2. The highest BCUT2D eigenvalue weighted by Crippen LogP contribution is 2.33. The van der Waals surface area contributed by atoms with Gasteiger partial charge in [0.15, 0.2) is 11.5 Å². The zero-order chi connectivity index (χ0) is 19.2. The lowest BCUT2D eigenvalue weighted by Crippen LogP contribution is -2.34. The van der Waals surface area contributed by atoms with Crippen molar-refractivity contribution in [1.29, 1.82) is 0 Å². The Balaban J connectivity index is 1.49. The molecule has 1 N–H and O–H groups in total. The van der Waals surface area contributed by atoms with Crippen molar-refractivity contribution < 1.29 is 14.3 Å². The molecule has 1 aliphatic rings. The van der Waals surface area contributed by atoms with Gasteiger partial charge in [0.05, 0.1) is 14.2 Å². The molecule has 0 atom stereocenters. The first-order valence-corrected chi connectivity index (χ1v) is 9.44. The van der Waals surface area contributed by atoms with E-state index >= 15 is 0 Å². The van der Waals surface area contributed by atoms with Crippen LogP contribution in [-0.2, 0) is 24.3 Å². The maximum atomic E-state index is 12.2. The smallest absolute Gasteiger partial charge is 0.221 e. The number of fused-ring (bicyclic) bond motifs is 1. The molecule has 2 aromatic carbocycles. The van der Waals surface area contributed by atoms with Gasteiger partial charge in [-0.1, -0.05) is 23.7 Å². The van der Waals surface area contributed by atoms with E-state index < -0.39 is 0 Å². The molecule has 6 heteroatoms. The SMILES string of the molecule is COc1cc2c(cc1OC)CN(CCC(=O)NCc1ccc(Cl)cc1)CC2. The van der Waals surface area contributed by atoms with Crippen molar-refractivity contribution in [3.63, 3.8) is 0 Å². The van der Waals surface area contributed by atoms with E-state index in [1.54, 1.807) is 14.2 Å². The van der Waals surface area contributed by atoms with Gasteiger partial charge in [-0.05, 0) is 47.4 Å². The quantitative estimate of drug-likeness (QED) is 0.789. The number of carbonyl (C=O) groups excluding carboxylic acids is 1. The summed E-state index contributed by atoms with van der Waals surface area (Å²) in [6.07, 6.45) is 1.43. The van der Waals surface area contributed by atoms with Crippen LogP contribution in [0.3, 0.4) is 0 Å². The van der Waals surface area contributed by atoms with Crippen molar-refractivity contribution >= 4 is 17.5 Å². The van der Waals surface area contributed by atoms with Crippen LogP contribution in [0.25, 0.3) is 0 Å². The number of nitrogens with zero attached hydrogens (tertiary/aromatic N) is 1. The summed E-state index contributed by atoms with van der Waals surface area (Å²) in [5.74, 6) is 1.58. The molecule has 1 aliphatic heterocycles. The average Bonchev–Trinajstić information content (AvgIpc) is 2.70. The number of methoxy groups -OCH3 is 2.